The highest BCUT2D eigenvalue weighted by Gasteiger charge is 2.27. The molecular formula is C13H18F3NO. The Morgan fingerprint density at radius 1 is 1.22 bits per heavy atom. The average Bonchev–Trinajstić information content (AvgIpc) is 2.29. The zero-order chi connectivity index (χ0) is 13.4. The van der Waals surface area contributed by atoms with Gasteiger partial charge in [0.05, 0.1) is 6.61 Å². The van der Waals surface area contributed by atoms with Gasteiger partial charge in [0, 0.05) is 6.04 Å². The van der Waals surface area contributed by atoms with E-state index in [0.29, 0.717) is 13.0 Å². The number of hydrogen-bond acceptors (Lipinski definition) is 2. The minimum absolute atomic E-state index is 0.0578. The van der Waals surface area contributed by atoms with E-state index >= 15 is 0 Å². The second kappa shape index (κ2) is 7.38. The monoisotopic (exact) mass is 261 g/mol. The van der Waals surface area contributed by atoms with E-state index in [1.54, 1.807) is 0 Å². The Balaban J connectivity index is 2.40. The zero-order valence-electron chi connectivity index (χ0n) is 10.3. The Kier molecular flexibility index (Phi) is 6.15. The van der Waals surface area contributed by atoms with Crippen LogP contribution in [0.3, 0.4) is 0 Å². The number of ether oxygens (including phenoxy) is 1. The highest BCUT2D eigenvalue weighted by molar-refractivity contribution is 5.15. The highest BCUT2D eigenvalue weighted by Crippen LogP contribution is 2.14. The van der Waals surface area contributed by atoms with Gasteiger partial charge in [0.15, 0.2) is 0 Å². The van der Waals surface area contributed by atoms with Crippen molar-refractivity contribution in [3.8, 4) is 0 Å². The van der Waals surface area contributed by atoms with Gasteiger partial charge in [-0.1, -0.05) is 37.3 Å². The summed E-state index contributed by atoms with van der Waals surface area (Å²) >= 11 is 0. The fourth-order valence-electron chi connectivity index (χ4n) is 1.69. The van der Waals surface area contributed by atoms with Gasteiger partial charge in [-0.3, -0.25) is 0 Å². The molecule has 0 aliphatic heterocycles. The van der Waals surface area contributed by atoms with Gasteiger partial charge in [0.2, 0.25) is 0 Å². The van der Waals surface area contributed by atoms with Crippen molar-refractivity contribution in [3.63, 3.8) is 0 Å². The number of likely N-dealkylation sites (N-methyl/N-ethyl adjacent to an activating group) is 1. The molecule has 0 saturated heterocycles. The molecule has 0 amide bonds. The molecule has 1 aromatic rings. The molecule has 0 fully saturated rings. The molecule has 1 rings (SSSR count). The summed E-state index contributed by atoms with van der Waals surface area (Å²) in [5.41, 5.74) is 1.08. The van der Waals surface area contributed by atoms with E-state index in [2.05, 4.69) is 5.32 Å². The average molecular weight is 261 g/mol. The normalized spacial score (nSPS) is 13.6. The molecule has 1 atom stereocenters. The van der Waals surface area contributed by atoms with Crippen molar-refractivity contribution in [1.29, 1.82) is 0 Å². The lowest BCUT2D eigenvalue weighted by Gasteiger charge is -2.18. The molecule has 1 unspecified atom stereocenters. The van der Waals surface area contributed by atoms with Crippen LogP contribution in [0.5, 0.6) is 0 Å². The van der Waals surface area contributed by atoms with E-state index in [4.69, 9.17) is 4.74 Å². The van der Waals surface area contributed by atoms with Gasteiger partial charge in [0.25, 0.3) is 0 Å². The van der Waals surface area contributed by atoms with Crippen molar-refractivity contribution < 1.29 is 17.9 Å². The first-order valence-electron chi connectivity index (χ1n) is 5.93. The second-order valence-corrected chi connectivity index (χ2v) is 4.07. The third-order valence-electron chi connectivity index (χ3n) is 2.40. The second-order valence-electron chi connectivity index (χ2n) is 4.07. The van der Waals surface area contributed by atoms with E-state index in [1.165, 1.54) is 0 Å². The van der Waals surface area contributed by atoms with Crippen molar-refractivity contribution in [3.05, 3.63) is 35.9 Å². The number of rotatable bonds is 7. The summed E-state index contributed by atoms with van der Waals surface area (Å²) in [5, 5.41) is 3.12. The van der Waals surface area contributed by atoms with Gasteiger partial charge in [-0.15, -0.1) is 0 Å². The molecule has 0 aliphatic carbocycles. The maximum atomic E-state index is 12.0. The maximum absolute atomic E-state index is 12.0. The summed E-state index contributed by atoms with van der Waals surface area (Å²) in [7, 11) is 0. The van der Waals surface area contributed by atoms with Gasteiger partial charge in [0.1, 0.15) is 6.61 Å². The molecule has 2 nitrogen and oxygen atoms in total. The van der Waals surface area contributed by atoms with Crippen molar-refractivity contribution >= 4 is 0 Å². The molecule has 1 N–H and O–H groups in total. The van der Waals surface area contributed by atoms with Crippen LogP contribution in [0.1, 0.15) is 12.5 Å². The van der Waals surface area contributed by atoms with Crippen LogP contribution in [0, 0.1) is 0 Å². The van der Waals surface area contributed by atoms with Crippen LogP contribution in [0.15, 0.2) is 30.3 Å². The van der Waals surface area contributed by atoms with Crippen LogP contribution < -0.4 is 5.32 Å². The molecule has 0 aliphatic rings. The van der Waals surface area contributed by atoms with E-state index in [1.807, 2.05) is 37.3 Å². The Bertz CT molecular complexity index is 327. The van der Waals surface area contributed by atoms with Crippen LogP contribution in [0.25, 0.3) is 0 Å². The Labute approximate surface area is 105 Å². The lowest BCUT2D eigenvalue weighted by molar-refractivity contribution is -0.175. The molecule has 1 aromatic carbocycles. The van der Waals surface area contributed by atoms with E-state index in [9.17, 15) is 13.2 Å². The summed E-state index contributed by atoms with van der Waals surface area (Å²) in [4.78, 5) is 0. The van der Waals surface area contributed by atoms with Gasteiger partial charge >= 0.3 is 6.18 Å². The molecule has 5 heteroatoms. The molecule has 0 spiro atoms. The first-order chi connectivity index (χ1) is 8.51. The first-order valence-corrected chi connectivity index (χ1v) is 5.93. The van der Waals surface area contributed by atoms with Crippen LogP contribution in [0.2, 0.25) is 0 Å². The molecule has 0 saturated carbocycles. The van der Waals surface area contributed by atoms with Gasteiger partial charge in [-0.25, -0.2) is 0 Å². The fourth-order valence-corrected chi connectivity index (χ4v) is 1.69. The predicted octanol–water partition coefficient (Wildman–Crippen LogP) is 2.79. The van der Waals surface area contributed by atoms with Crippen molar-refractivity contribution in [2.24, 2.45) is 0 Å². The molecule has 0 heterocycles. The van der Waals surface area contributed by atoms with Gasteiger partial charge in [-0.2, -0.15) is 13.2 Å². The van der Waals surface area contributed by atoms with E-state index in [-0.39, 0.29) is 12.6 Å². The largest absolute Gasteiger partial charge is 0.411 e. The zero-order valence-corrected chi connectivity index (χ0v) is 10.3. The molecular weight excluding hydrogens is 243 g/mol. The van der Waals surface area contributed by atoms with Crippen molar-refractivity contribution in [2.45, 2.75) is 25.6 Å². The maximum Gasteiger partial charge on any atom is 0.411 e. The number of halogens is 3. The minimum atomic E-state index is -4.26. The summed E-state index contributed by atoms with van der Waals surface area (Å²) in [6.07, 6.45) is -3.60. The highest BCUT2D eigenvalue weighted by atomic mass is 19.4. The fraction of sp³-hybridized carbons (Fsp3) is 0.538. The number of nitrogens with one attached hydrogen (secondary N) is 1. The van der Waals surface area contributed by atoms with Gasteiger partial charge in [-0.05, 0) is 18.5 Å². The van der Waals surface area contributed by atoms with Crippen LogP contribution >= 0.6 is 0 Å². The Morgan fingerprint density at radius 2 is 1.89 bits per heavy atom. The topological polar surface area (TPSA) is 21.3 Å². The lowest BCUT2D eigenvalue weighted by Crippen LogP contribution is -2.36. The summed E-state index contributed by atoms with van der Waals surface area (Å²) < 4.78 is 40.6. The Morgan fingerprint density at radius 3 is 2.44 bits per heavy atom. The van der Waals surface area contributed by atoms with E-state index in [0.717, 1.165) is 5.56 Å². The van der Waals surface area contributed by atoms with Crippen molar-refractivity contribution in [2.75, 3.05) is 19.8 Å². The quantitative estimate of drug-likeness (QED) is 0.815. The molecule has 0 aromatic heterocycles. The summed E-state index contributed by atoms with van der Waals surface area (Å²) in [5.74, 6) is 0. The number of benzene rings is 1. The summed E-state index contributed by atoms with van der Waals surface area (Å²) in [6, 6.07) is 9.54. The SMILES string of the molecule is CCNC(COCC(F)(F)F)Cc1ccccc1. The molecule has 18 heavy (non-hydrogen) atoms. The van der Waals surface area contributed by atoms with Crippen LogP contribution in [-0.2, 0) is 11.2 Å². The minimum Gasteiger partial charge on any atom is -0.370 e. The third-order valence-corrected chi connectivity index (χ3v) is 2.40. The van der Waals surface area contributed by atoms with Gasteiger partial charge < -0.3 is 10.1 Å². The smallest absolute Gasteiger partial charge is 0.370 e. The standard InChI is InChI=1S/C13H18F3NO/c1-2-17-12(9-18-10-13(14,15)16)8-11-6-4-3-5-7-11/h3-7,12,17H,2,8-10H2,1H3. The first kappa shape index (κ1) is 15.0. The number of hydrogen-bond donors (Lipinski definition) is 1. The predicted molar refractivity (Wildman–Crippen MR) is 64.5 cm³/mol. The lowest BCUT2D eigenvalue weighted by atomic mass is 10.1. The number of alkyl halides is 3. The summed E-state index contributed by atoms with van der Waals surface area (Å²) in [6.45, 7) is 1.49. The molecule has 0 bridgehead atoms. The Hall–Kier alpha value is -1.07. The van der Waals surface area contributed by atoms with Crippen LogP contribution in [0.4, 0.5) is 13.2 Å². The molecule has 102 valence electrons. The van der Waals surface area contributed by atoms with Crippen molar-refractivity contribution in [1.82, 2.24) is 5.32 Å². The third kappa shape index (κ3) is 6.61. The van der Waals surface area contributed by atoms with E-state index < -0.39 is 12.8 Å². The molecule has 0 radical (unpaired) electrons. The van der Waals surface area contributed by atoms with Crippen LogP contribution in [-0.4, -0.2) is 32.0 Å².